The van der Waals surface area contributed by atoms with E-state index in [0.717, 1.165) is 9.17 Å². The van der Waals surface area contributed by atoms with Gasteiger partial charge in [-0.1, -0.05) is 0 Å². The quantitative estimate of drug-likeness (QED) is 0.624. The molecule has 7 nitrogen and oxygen atoms in total. The molecule has 0 bridgehead atoms. The van der Waals surface area contributed by atoms with Crippen molar-refractivity contribution in [3.63, 3.8) is 0 Å². The topological polar surface area (TPSA) is 81.6 Å². The first-order valence-electron chi connectivity index (χ1n) is 7.53. The largest absolute Gasteiger partial charge is 0.443 e. The number of carbonyl (C=O) groups excluding carboxylic acids is 2. The van der Waals surface area contributed by atoms with Gasteiger partial charge in [-0.3, -0.25) is 0 Å². The maximum absolute atomic E-state index is 12.6. The highest BCUT2D eigenvalue weighted by Crippen LogP contribution is 2.30. The number of thiophene rings is 1. The van der Waals surface area contributed by atoms with Gasteiger partial charge in [-0.2, -0.15) is 0 Å². The molecule has 25 heavy (non-hydrogen) atoms. The van der Waals surface area contributed by atoms with E-state index in [1.165, 1.54) is 11.3 Å². The number of amides is 2. The van der Waals surface area contributed by atoms with Crippen LogP contribution in [0.15, 0.2) is 16.0 Å². The van der Waals surface area contributed by atoms with Crippen molar-refractivity contribution in [1.82, 2.24) is 9.97 Å². The van der Waals surface area contributed by atoms with Crippen molar-refractivity contribution in [2.75, 3.05) is 4.90 Å². The van der Waals surface area contributed by atoms with Crippen molar-refractivity contribution in [2.24, 2.45) is 0 Å². The first-order valence-corrected chi connectivity index (χ1v) is 9.20. The SMILES string of the molecule is CC(C)(C)OC(=O)N(C(=O)OC(C)(C)C)c1ncc2scc(Br)c2n1. The van der Waals surface area contributed by atoms with E-state index in [4.69, 9.17) is 9.47 Å². The van der Waals surface area contributed by atoms with Gasteiger partial charge in [0.25, 0.3) is 0 Å². The van der Waals surface area contributed by atoms with Gasteiger partial charge in [0.2, 0.25) is 5.95 Å². The summed E-state index contributed by atoms with van der Waals surface area (Å²) in [6.45, 7) is 10.2. The first kappa shape index (κ1) is 19.6. The molecule has 2 rings (SSSR count). The zero-order chi connectivity index (χ0) is 19.0. The number of rotatable bonds is 1. The Hall–Kier alpha value is -1.74. The molecule has 0 aliphatic carbocycles. The average Bonchev–Trinajstić information content (AvgIpc) is 2.76. The number of ether oxygens (including phenoxy) is 2. The Morgan fingerprint density at radius 1 is 1.08 bits per heavy atom. The molecule has 9 heteroatoms. The van der Waals surface area contributed by atoms with Crippen LogP contribution in [0.2, 0.25) is 0 Å². The number of hydrogen-bond donors (Lipinski definition) is 0. The summed E-state index contributed by atoms with van der Waals surface area (Å²) in [5, 5.41) is 1.86. The van der Waals surface area contributed by atoms with Gasteiger partial charge < -0.3 is 9.47 Å². The van der Waals surface area contributed by atoms with Gasteiger partial charge in [-0.05, 0) is 57.5 Å². The predicted molar refractivity (Wildman–Crippen MR) is 100 cm³/mol. The molecule has 0 spiro atoms. The van der Waals surface area contributed by atoms with Crippen LogP contribution in [0.5, 0.6) is 0 Å². The van der Waals surface area contributed by atoms with Crippen molar-refractivity contribution in [1.29, 1.82) is 0 Å². The van der Waals surface area contributed by atoms with Crippen molar-refractivity contribution in [3.8, 4) is 0 Å². The predicted octanol–water partition coefficient (Wildman–Crippen LogP) is 5.13. The second kappa shape index (κ2) is 6.87. The highest BCUT2D eigenvalue weighted by molar-refractivity contribution is 9.10. The van der Waals surface area contributed by atoms with Gasteiger partial charge in [0.1, 0.15) is 16.7 Å². The van der Waals surface area contributed by atoms with Crippen LogP contribution in [0, 0.1) is 0 Å². The zero-order valence-corrected chi connectivity index (χ0v) is 17.3. The zero-order valence-electron chi connectivity index (χ0n) is 14.9. The van der Waals surface area contributed by atoms with Crippen molar-refractivity contribution >= 4 is 55.6 Å². The second-order valence-electron chi connectivity index (χ2n) is 7.26. The molecule has 0 saturated carbocycles. The molecule has 2 aromatic heterocycles. The highest BCUT2D eigenvalue weighted by Gasteiger charge is 2.34. The van der Waals surface area contributed by atoms with Gasteiger partial charge in [-0.25, -0.2) is 19.6 Å². The molecule has 2 amide bonds. The summed E-state index contributed by atoms with van der Waals surface area (Å²) in [7, 11) is 0. The van der Waals surface area contributed by atoms with Crippen LogP contribution in [-0.2, 0) is 9.47 Å². The lowest BCUT2D eigenvalue weighted by molar-refractivity contribution is 0.0427. The summed E-state index contributed by atoms with van der Waals surface area (Å²) in [5.74, 6) is -0.102. The van der Waals surface area contributed by atoms with E-state index in [-0.39, 0.29) is 5.95 Å². The minimum atomic E-state index is -0.896. The van der Waals surface area contributed by atoms with E-state index in [1.807, 2.05) is 5.38 Å². The molecule has 0 unspecified atom stereocenters. The molecule has 2 aromatic rings. The molecule has 0 aromatic carbocycles. The lowest BCUT2D eigenvalue weighted by Gasteiger charge is -2.27. The molecule has 136 valence electrons. The summed E-state index contributed by atoms with van der Waals surface area (Å²) in [6, 6.07) is 0. The molecular formula is C16H20BrN3O4S. The Morgan fingerprint density at radius 2 is 1.60 bits per heavy atom. The molecule has 0 aliphatic heterocycles. The highest BCUT2D eigenvalue weighted by atomic mass is 79.9. The Labute approximate surface area is 158 Å². The Bertz CT molecular complexity index is 780. The molecule has 0 saturated heterocycles. The van der Waals surface area contributed by atoms with E-state index >= 15 is 0 Å². The van der Waals surface area contributed by atoms with Gasteiger partial charge in [-0.15, -0.1) is 16.2 Å². The third-order valence-electron chi connectivity index (χ3n) is 2.61. The summed E-state index contributed by atoms with van der Waals surface area (Å²) in [4.78, 5) is 34.3. The normalized spacial score (nSPS) is 12.1. The first-order chi connectivity index (χ1) is 11.4. The molecule has 0 radical (unpaired) electrons. The maximum atomic E-state index is 12.6. The molecule has 0 fully saturated rings. The lowest BCUT2D eigenvalue weighted by Crippen LogP contribution is -2.44. The molecule has 2 heterocycles. The van der Waals surface area contributed by atoms with Crippen LogP contribution in [0.4, 0.5) is 15.5 Å². The number of nitrogens with zero attached hydrogens (tertiary/aromatic N) is 3. The van der Waals surface area contributed by atoms with Gasteiger partial charge in [0, 0.05) is 5.38 Å². The fourth-order valence-corrected chi connectivity index (χ4v) is 3.19. The van der Waals surface area contributed by atoms with E-state index in [2.05, 4.69) is 25.9 Å². The number of fused-ring (bicyclic) bond motifs is 1. The summed E-state index contributed by atoms with van der Waals surface area (Å²) < 4.78 is 12.2. The summed E-state index contributed by atoms with van der Waals surface area (Å²) in [6.07, 6.45) is -0.241. The Morgan fingerprint density at radius 3 is 2.08 bits per heavy atom. The van der Waals surface area contributed by atoms with E-state index in [1.54, 1.807) is 47.7 Å². The fraction of sp³-hybridized carbons (Fsp3) is 0.500. The van der Waals surface area contributed by atoms with Crippen molar-refractivity contribution in [2.45, 2.75) is 52.7 Å². The van der Waals surface area contributed by atoms with Crippen molar-refractivity contribution in [3.05, 3.63) is 16.0 Å². The lowest BCUT2D eigenvalue weighted by atomic mass is 10.2. The van der Waals surface area contributed by atoms with E-state index in [0.29, 0.717) is 10.4 Å². The number of hydrogen-bond acceptors (Lipinski definition) is 7. The third kappa shape index (κ3) is 5.12. The van der Waals surface area contributed by atoms with Crippen LogP contribution in [0.25, 0.3) is 10.2 Å². The molecule has 0 aliphatic rings. The summed E-state index contributed by atoms with van der Waals surface area (Å²) >= 11 is 4.84. The van der Waals surface area contributed by atoms with Crippen LogP contribution >= 0.6 is 27.3 Å². The number of aromatic nitrogens is 2. The van der Waals surface area contributed by atoms with E-state index in [9.17, 15) is 9.59 Å². The standard InChI is InChI=1S/C16H20BrN3O4S/c1-15(2,3)23-13(21)20(14(22)24-16(4,5)6)12-18-7-10-11(19-12)9(17)8-25-10/h7-8H,1-6H3. The van der Waals surface area contributed by atoms with E-state index < -0.39 is 23.4 Å². The molecular weight excluding hydrogens is 410 g/mol. The minimum Gasteiger partial charge on any atom is -0.443 e. The van der Waals surface area contributed by atoms with Gasteiger partial charge >= 0.3 is 12.2 Å². The second-order valence-corrected chi connectivity index (χ2v) is 9.03. The monoisotopic (exact) mass is 429 g/mol. The number of imide groups is 1. The minimum absolute atomic E-state index is 0.102. The third-order valence-corrected chi connectivity index (χ3v) is 4.42. The number of carbonyl (C=O) groups is 2. The average molecular weight is 430 g/mol. The number of halogens is 1. The molecule has 0 N–H and O–H groups in total. The summed E-state index contributed by atoms with van der Waals surface area (Å²) in [5.41, 5.74) is -0.971. The smallest absolute Gasteiger partial charge is 0.427 e. The van der Waals surface area contributed by atoms with Gasteiger partial charge in [0.15, 0.2) is 0 Å². The fourth-order valence-electron chi connectivity index (χ4n) is 1.75. The number of anilines is 1. The molecule has 0 atom stereocenters. The van der Waals surface area contributed by atoms with Gasteiger partial charge in [0.05, 0.1) is 15.4 Å². The van der Waals surface area contributed by atoms with Crippen LogP contribution in [0.1, 0.15) is 41.5 Å². The van der Waals surface area contributed by atoms with Crippen LogP contribution in [0.3, 0.4) is 0 Å². The van der Waals surface area contributed by atoms with Crippen LogP contribution < -0.4 is 4.90 Å². The Balaban J connectivity index is 2.46. The van der Waals surface area contributed by atoms with Crippen LogP contribution in [-0.4, -0.2) is 33.4 Å². The van der Waals surface area contributed by atoms with Crippen molar-refractivity contribution < 1.29 is 19.1 Å². The maximum Gasteiger partial charge on any atom is 0.427 e. The Kier molecular flexibility index (Phi) is 5.38.